The van der Waals surface area contributed by atoms with Crippen LogP contribution in [0, 0.1) is 0 Å². The highest BCUT2D eigenvalue weighted by molar-refractivity contribution is 6.60. The third kappa shape index (κ3) is 6.01. The van der Waals surface area contributed by atoms with Crippen molar-refractivity contribution < 1.29 is 23.2 Å². The molecule has 0 saturated carbocycles. The maximum Gasteiger partial charge on any atom is 0.500 e. The molecule has 0 spiro atoms. The smallest absolute Gasteiger partial charge is 0.465 e. The molecule has 102 valence electrons. The molecule has 0 unspecified atom stereocenters. The molecule has 0 aliphatic heterocycles. The van der Waals surface area contributed by atoms with Gasteiger partial charge in [0.05, 0.1) is 0 Å². The Kier molecular flexibility index (Phi) is 8.14. The summed E-state index contributed by atoms with van der Waals surface area (Å²) in [4.78, 5) is 11.8. The fraction of sp³-hybridized carbons (Fsp3) is 0.900. The standard InChI is InChI=1S/C10H23NO5Si/c1-11(10(12)13)8-6-5-7-9-17(14-2,15-3)16-4/h5-9H2,1-4H3,(H,12,13). The molecule has 17 heavy (non-hydrogen) atoms. The zero-order valence-electron chi connectivity index (χ0n) is 11.1. The lowest BCUT2D eigenvalue weighted by molar-refractivity contribution is 0.122. The fourth-order valence-corrected chi connectivity index (χ4v) is 3.31. The molecule has 0 saturated heterocycles. The van der Waals surface area contributed by atoms with Crippen molar-refractivity contribution in [2.24, 2.45) is 0 Å². The quantitative estimate of drug-likeness (QED) is 0.507. The minimum atomic E-state index is -2.45. The fourth-order valence-electron chi connectivity index (χ4n) is 1.52. The van der Waals surface area contributed by atoms with Crippen LogP contribution in [0.5, 0.6) is 0 Å². The average molecular weight is 265 g/mol. The molecule has 0 radical (unpaired) electrons. The van der Waals surface area contributed by atoms with Crippen molar-refractivity contribution in [3.63, 3.8) is 0 Å². The van der Waals surface area contributed by atoms with E-state index >= 15 is 0 Å². The Bertz CT molecular complexity index is 214. The summed E-state index contributed by atoms with van der Waals surface area (Å²) in [5, 5.41) is 8.65. The van der Waals surface area contributed by atoms with Crippen LogP contribution in [0.1, 0.15) is 19.3 Å². The second kappa shape index (κ2) is 8.46. The number of hydrogen-bond acceptors (Lipinski definition) is 4. The summed E-state index contributed by atoms with van der Waals surface area (Å²) in [7, 11) is 3.91. The van der Waals surface area contributed by atoms with Crippen LogP contribution in [0.25, 0.3) is 0 Å². The molecular formula is C10H23NO5Si. The van der Waals surface area contributed by atoms with Crippen molar-refractivity contribution in [2.75, 3.05) is 34.9 Å². The Morgan fingerprint density at radius 1 is 1.12 bits per heavy atom. The Morgan fingerprint density at radius 3 is 2.06 bits per heavy atom. The van der Waals surface area contributed by atoms with Crippen molar-refractivity contribution in [3.8, 4) is 0 Å². The van der Waals surface area contributed by atoms with E-state index in [1.54, 1.807) is 28.4 Å². The SMILES string of the molecule is CO[Si](CCCCCN(C)C(=O)O)(OC)OC. The van der Waals surface area contributed by atoms with Gasteiger partial charge in [-0.15, -0.1) is 0 Å². The van der Waals surface area contributed by atoms with Gasteiger partial charge in [-0.3, -0.25) is 0 Å². The molecule has 1 amide bonds. The topological polar surface area (TPSA) is 68.2 Å². The van der Waals surface area contributed by atoms with Gasteiger partial charge in [-0.2, -0.15) is 0 Å². The molecule has 0 heterocycles. The van der Waals surface area contributed by atoms with Gasteiger partial charge in [0.15, 0.2) is 0 Å². The highest BCUT2D eigenvalue weighted by Gasteiger charge is 2.36. The predicted octanol–water partition coefficient (Wildman–Crippen LogP) is 1.64. The lowest BCUT2D eigenvalue weighted by Gasteiger charge is -2.24. The summed E-state index contributed by atoms with van der Waals surface area (Å²) in [6.07, 6.45) is 1.79. The number of carboxylic acid groups (broad SMARTS) is 1. The van der Waals surface area contributed by atoms with Crippen LogP contribution < -0.4 is 0 Å². The third-order valence-corrected chi connectivity index (χ3v) is 5.57. The van der Waals surface area contributed by atoms with Gasteiger partial charge in [-0.05, 0) is 12.8 Å². The molecule has 0 rings (SSSR count). The van der Waals surface area contributed by atoms with E-state index in [0.29, 0.717) is 6.54 Å². The van der Waals surface area contributed by atoms with Crippen molar-refractivity contribution in [3.05, 3.63) is 0 Å². The van der Waals surface area contributed by atoms with Gasteiger partial charge in [0.1, 0.15) is 0 Å². The van der Waals surface area contributed by atoms with Gasteiger partial charge < -0.3 is 23.3 Å². The first-order valence-electron chi connectivity index (χ1n) is 5.61. The second-order valence-electron chi connectivity index (χ2n) is 3.81. The van der Waals surface area contributed by atoms with Crippen molar-refractivity contribution >= 4 is 14.9 Å². The van der Waals surface area contributed by atoms with E-state index in [0.717, 1.165) is 25.3 Å². The van der Waals surface area contributed by atoms with Crippen LogP contribution in [-0.2, 0) is 13.3 Å². The van der Waals surface area contributed by atoms with Crippen molar-refractivity contribution in [2.45, 2.75) is 25.3 Å². The van der Waals surface area contributed by atoms with E-state index in [4.69, 9.17) is 18.4 Å². The molecule has 7 heteroatoms. The molecule has 0 bridgehead atoms. The molecule has 0 atom stereocenters. The largest absolute Gasteiger partial charge is 0.500 e. The average Bonchev–Trinajstić information content (AvgIpc) is 2.34. The van der Waals surface area contributed by atoms with E-state index in [9.17, 15) is 4.79 Å². The van der Waals surface area contributed by atoms with Gasteiger partial charge in [-0.1, -0.05) is 6.42 Å². The first-order chi connectivity index (χ1) is 8.01. The third-order valence-electron chi connectivity index (χ3n) is 2.74. The molecular weight excluding hydrogens is 242 g/mol. The number of nitrogens with zero attached hydrogens (tertiary/aromatic N) is 1. The number of amides is 1. The zero-order chi connectivity index (χ0) is 13.3. The van der Waals surface area contributed by atoms with E-state index < -0.39 is 14.9 Å². The number of carbonyl (C=O) groups is 1. The Balaban J connectivity index is 3.73. The van der Waals surface area contributed by atoms with E-state index in [1.807, 2.05) is 0 Å². The molecule has 0 aliphatic rings. The summed E-state index contributed by atoms with van der Waals surface area (Å²) in [5.41, 5.74) is 0. The monoisotopic (exact) mass is 265 g/mol. The maximum atomic E-state index is 10.5. The minimum Gasteiger partial charge on any atom is -0.465 e. The van der Waals surface area contributed by atoms with Gasteiger partial charge in [-0.25, -0.2) is 4.79 Å². The van der Waals surface area contributed by atoms with Gasteiger partial charge in [0.25, 0.3) is 0 Å². The van der Waals surface area contributed by atoms with Crippen LogP contribution >= 0.6 is 0 Å². The molecule has 0 fully saturated rings. The molecule has 1 N–H and O–H groups in total. The first-order valence-corrected chi connectivity index (χ1v) is 7.54. The zero-order valence-corrected chi connectivity index (χ0v) is 12.1. The first kappa shape index (κ1) is 16.4. The van der Waals surface area contributed by atoms with E-state index in [2.05, 4.69) is 0 Å². The molecule has 0 aromatic heterocycles. The number of rotatable bonds is 9. The molecule has 0 aliphatic carbocycles. The Hall–Kier alpha value is -0.633. The van der Waals surface area contributed by atoms with Crippen LogP contribution in [0.3, 0.4) is 0 Å². The normalized spacial score (nSPS) is 11.5. The van der Waals surface area contributed by atoms with Gasteiger partial charge in [0.2, 0.25) is 0 Å². The maximum absolute atomic E-state index is 10.5. The van der Waals surface area contributed by atoms with E-state index in [-0.39, 0.29) is 0 Å². The lowest BCUT2D eigenvalue weighted by atomic mass is 10.2. The Morgan fingerprint density at radius 2 is 1.65 bits per heavy atom. The van der Waals surface area contributed by atoms with Crippen LogP contribution in [0.15, 0.2) is 0 Å². The predicted molar refractivity (Wildman–Crippen MR) is 66.1 cm³/mol. The van der Waals surface area contributed by atoms with Gasteiger partial charge >= 0.3 is 14.9 Å². The van der Waals surface area contributed by atoms with E-state index in [1.165, 1.54) is 4.90 Å². The number of unbranched alkanes of at least 4 members (excludes halogenated alkanes) is 2. The highest BCUT2D eigenvalue weighted by atomic mass is 28.4. The van der Waals surface area contributed by atoms with Crippen LogP contribution in [0.4, 0.5) is 4.79 Å². The highest BCUT2D eigenvalue weighted by Crippen LogP contribution is 2.17. The molecule has 0 aromatic carbocycles. The second-order valence-corrected chi connectivity index (χ2v) is 6.90. The lowest BCUT2D eigenvalue weighted by Crippen LogP contribution is -2.42. The Labute approximate surface area is 104 Å². The van der Waals surface area contributed by atoms with Crippen LogP contribution in [-0.4, -0.2) is 59.8 Å². The number of hydrogen-bond donors (Lipinski definition) is 1. The summed E-state index contributed by atoms with van der Waals surface area (Å²) < 4.78 is 15.9. The summed E-state index contributed by atoms with van der Waals surface area (Å²) in [6, 6.07) is 0.757. The molecule has 6 nitrogen and oxygen atoms in total. The van der Waals surface area contributed by atoms with Gasteiger partial charge in [0, 0.05) is 41.0 Å². The molecule has 0 aromatic rings. The minimum absolute atomic E-state index is 0.552. The van der Waals surface area contributed by atoms with Crippen molar-refractivity contribution in [1.82, 2.24) is 4.90 Å². The van der Waals surface area contributed by atoms with Crippen LogP contribution in [0.2, 0.25) is 6.04 Å². The summed E-state index contributed by atoms with van der Waals surface area (Å²) in [6.45, 7) is 0.552. The summed E-state index contributed by atoms with van der Waals surface area (Å²) >= 11 is 0. The summed E-state index contributed by atoms with van der Waals surface area (Å²) in [5.74, 6) is 0. The van der Waals surface area contributed by atoms with Crippen molar-refractivity contribution in [1.29, 1.82) is 0 Å².